The van der Waals surface area contributed by atoms with E-state index in [0.717, 1.165) is 18.5 Å². The number of carbonyl (C=O) groups excluding carboxylic acids is 2. The van der Waals surface area contributed by atoms with Crippen molar-refractivity contribution in [3.63, 3.8) is 0 Å². The first-order chi connectivity index (χ1) is 17.5. The van der Waals surface area contributed by atoms with E-state index in [0.29, 0.717) is 26.1 Å². The third-order valence-electron chi connectivity index (χ3n) is 6.76. The third kappa shape index (κ3) is 11.7. The predicted octanol–water partition coefficient (Wildman–Crippen LogP) is 2.80. The van der Waals surface area contributed by atoms with Gasteiger partial charge < -0.3 is 54.2 Å². The van der Waals surface area contributed by atoms with Crippen LogP contribution in [0.15, 0.2) is 23.9 Å². The van der Waals surface area contributed by atoms with Gasteiger partial charge >= 0.3 is 42.7 Å². The molecule has 4 aliphatic rings. The summed E-state index contributed by atoms with van der Waals surface area (Å²) >= 11 is 0. The Morgan fingerprint density at radius 2 is 1.22 bits per heavy atom. The van der Waals surface area contributed by atoms with Gasteiger partial charge in [-0.3, -0.25) is 9.59 Å². The minimum absolute atomic E-state index is 0. The van der Waals surface area contributed by atoms with Gasteiger partial charge in [-0.15, -0.1) is 0 Å². The first kappa shape index (κ1) is 52.6. The molecule has 2 aliphatic heterocycles. The van der Waals surface area contributed by atoms with Crippen molar-refractivity contribution in [3.8, 4) is 0 Å². The van der Waals surface area contributed by atoms with Gasteiger partial charge in [0.2, 0.25) is 0 Å². The van der Waals surface area contributed by atoms with Crippen LogP contribution in [-0.2, 0) is 59.1 Å². The summed E-state index contributed by atoms with van der Waals surface area (Å²) in [6.07, 6.45) is 9.27. The second kappa shape index (κ2) is 17.8. The summed E-state index contributed by atoms with van der Waals surface area (Å²) in [4.78, 5) is 27.2. The number of fused-ring (bicyclic) bond motifs is 2. The molecule has 4 rings (SSSR count). The fraction of sp³-hybridized carbons (Fsp3) is 0.700. The SMILES string of the molecule is CN(C)C1=C[C@H]2[C@@H](C=C1)C[C@@]1(CCOC1=O)C[C@@]21CCOC1=O.N.N.N.N.N.O=S(=O)([O-])C(F)(F)F.O=S(=O)([O-])C(F)(F)F.[Os+2]. The topological polar surface area (TPSA) is 345 Å². The van der Waals surface area contributed by atoms with Crippen molar-refractivity contribution >= 4 is 32.2 Å². The number of rotatable bonds is 1. The zero-order chi connectivity index (χ0) is 30.2. The standard InChI is InChI=1S/C18H23NO4.2CHF3O3S.5H3N.Os/c1-19(2)13-4-3-12-10-17(5-7-22-15(17)20)11-18(14(12)9-13)6-8-23-16(18)21;2*2-1(3,4)8(5,6)7;;;;;;/h3-4,9,12,14H,5-8,10-11H2,1-2H3;2*(H,5,6,7);5*1H3;/q;;;;;;;;+2/p-2/t12-,14-,17-,18-;;;;;;;;/m0......../s1. The van der Waals surface area contributed by atoms with Crippen LogP contribution in [-0.4, -0.2) is 81.1 Å². The summed E-state index contributed by atoms with van der Waals surface area (Å²) in [6.45, 7) is 0.936. The van der Waals surface area contributed by atoms with Crippen LogP contribution in [0.25, 0.3) is 0 Å². The molecular formula is C20H38F6N6O10OsS2. The normalized spacial score (nSPS) is 26.3. The van der Waals surface area contributed by atoms with Crippen LogP contribution >= 0.6 is 0 Å². The Bertz CT molecular complexity index is 1230. The summed E-state index contributed by atoms with van der Waals surface area (Å²) in [5, 5.41) is 0. The van der Waals surface area contributed by atoms with Crippen molar-refractivity contribution in [2.24, 2.45) is 22.7 Å². The number of hydrogen-bond donors (Lipinski definition) is 5. The molecule has 1 saturated carbocycles. The Labute approximate surface area is 269 Å². The molecule has 0 unspecified atom stereocenters. The van der Waals surface area contributed by atoms with Gasteiger partial charge in [0.25, 0.3) is 0 Å². The molecule has 2 spiro atoms. The fourth-order valence-electron chi connectivity index (χ4n) is 4.99. The van der Waals surface area contributed by atoms with E-state index in [1.807, 2.05) is 14.1 Å². The maximum absolute atomic E-state index is 12.7. The molecule has 270 valence electrons. The number of halogens is 6. The minimum Gasteiger partial charge on any atom is -0.741 e. The van der Waals surface area contributed by atoms with E-state index >= 15 is 0 Å². The number of carbonyl (C=O) groups is 2. The van der Waals surface area contributed by atoms with Gasteiger partial charge in [0.1, 0.15) is 0 Å². The summed E-state index contributed by atoms with van der Waals surface area (Å²) < 4.78 is 128. The van der Waals surface area contributed by atoms with E-state index in [1.165, 1.54) is 0 Å². The molecule has 2 saturated heterocycles. The molecule has 2 aliphatic carbocycles. The minimum atomic E-state index is -6.09. The Morgan fingerprint density at radius 1 is 0.822 bits per heavy atom. The number of ether oxygens (including phenoxy) is 2. The van der Waals surface area contributed by atoms with Gasteiger partial charge in [0.15, 0.2) is 20.2 Å². The molecule has 3 fully saturated rings. The fourth-order valence-corrected chi connectivity index (χ4v) is 4.99. The maximum atomic E-state index is 12.7. The zero-order valence-corrected chi connectivity index (χ0v) is 28.3. The van der Waals surface area contributed by atoms with Crippen LogP contribution in [0.5, 0.6) is 0 Å². The van der Waals surface area contributed by atoms with Crippen LogP contribution in [0.2, 0.25) is 0 Å². The Hall–Kier alpha value is -1.94. The number of cyclic esters (lactones) is 2. The van der Waals surface area contributed by atoms with E-state index in [2.05, 4.69) is 23.1 Å². The van der Waals surface area contributed by atoms with Crippen LogP contribution in [0, 0.1) is 22.7 Å². The van der Waals surface area contributed by atoms with E-state index in [1.54, 1.807) is 0 Å². The molecule has 0 radical (unpaired) electrons. The quantitative estimate of drug-likeness (QED) is 0.109. The Balaban J connectivity index is -0.000000208. The second-order valence-electron chi connectivity index (χ2n) is 9.42. The first-order valence-electron chi connectivity index (χ1n) is 10.9. The van der Waals surface area contributed by atoms with Crippen molar-refractivity contribution in [1.82, 2.24) is 35.7 Å². The molecule has 16 nitrogen and oxygen atoms in total. The molecular weight excluding hydrogens is 853 g/mol. The van der Waals surface area contributed by atoms with Gasteiger partial charge in [-0.1, -0.05) is 12.2 Å². The Morgan fingerprint density at radius 3 is 1.53 bits per heavy atom. The van der Waals surface area contributed by atoms with Crippen molar-refractivity contribution in [2.75, 3.05) is 27.3 Å². The molecule has 45 heavy (non-hydrogen) atoms. The molecule has 2 heterocycles. The molecule has 0 aromatic carbocycles. The van der Waals surface area contributed by atoms with Gasteiger partial charge in [0, 0.05) is 25.7 Å². The second-order valence-corrected chi connectivity index (χ2v) is 12.2. The molecule has 15 N–H and O–H groups in total. The van der Waals surface area contributed by atoms with Crippen molar-refractivity contribution in [2.45, 2.75) is 36.7 Å². The molecule has 0 aromatic heterocycles. The van der Waals surface area contributed by atoms with Gasteiger partial charge in [-0.05, 0) is 37.7 Å². The number of hydrogen-bond acceptors (Lipinski definition) is 16. The average molecular weight is 891 g/mol. The number of esters is 2. The van der Waals surface area contributed by atoms with Crippen LogP contribution in [0.1, 0.15) is 25.7 Å². The summed E-state index contributed by atoms with van der Waals surface area (Å²) in [7, 11) is -8.16. The predicted molar refractivity (Wildman–Crippen MR) is 140 cm³/mol. The molecule has 25 heteroatoms. The summed E-state index contributed by atoms with van der Waals surface area (Å²) in [5.74, 6) is 0.0596. The number of nitrogens with zero attached hydrogens (tertiary/aromatic N) is 1. The van der Waals surface area contributed by atoms with Gasteiger partial charge in [-0.2, -0.15) is 26.3 Å². The number of allylic oxidation sites excluding steroid dienone is 3. The van der Waals surface area contributed by atoms with E-state index < -0.39 is 42.1 Å². The average Bonchev–Trinajstić information content (AvgIpc) is 3.28. The third-order valence-corrected chi connectivity index (χ3v) is 7.90. The Kier molecular flexibility index (Phi) is 20.8. The zero-order valence-electron chi connectivity index (χ0n) is 24.1. The first-order valence-corrected chi connectivity index (χ1v) is 13.7. The monoisotopic (exact) mass is 892 g/mol. The van der Waals surface area contributed by atoms with Crippen LogP contribution < -0.4 is 30.8 Å². The largest absolute Gasteiger partial charge is 2.00 e. The maximum Gasteiger partial charge on any atom is 2.00 e. The van der Waals surface area contributed by atoms with Crippen LogP contribution in [0.4, 0.5) is 26.3 Å². The number of alkyl halides is 6. The molecule has 4 atom stereocenters. The summed E-state index contributed by atoms with van der Waals surface area (Å²) in [5.41, 5.74) is -11.2. The number of likely N-dealkylation sites (N-methyl/N-ethyl adjacent to an activating group) is 1. The van der Waals surface area contributed by atoms with Crippen molar-refractivity contribution < 1.29 is 91.1 Å². The van der Waals surface area contributed by atoms with Gasteiger partial charge in [0.05, 0.1) is 24.0 Å². The van der Waals surface area contributed by atoms with Crippen molar-refractivity contribution in [1.29, 1.82) is 0 Å². The molecule has 0 aromatic rings. The molecule has 0 bridgehead atoms. The van der Waals surface area contributed by atoms with Crippen LogP contribution in [0.3, 0.4) is 0 Å². The van der Waals surface area contributed by atoms with E-state index in [4.69, 9.17) is 35.4 Å². The van der Waals surface area contributed by atoms with E-state index in [-0.39, 0.29) is 74.3 Å². The van der Waals surface area contributed by atoms with Crippen molar-refractivity contribution in [3.05, 3.63) is 23.9 Å². The smallest absolute Gasteiger partial charge is 0.741 e. The van der Waals surface area contributed by atoms with E-state index in [9.17, 15) is 35.9 Å². The summed E-state index contributed by atoms with van der Waals surface area (Å²) in [6, 6.07) is 0. The van der Waals surface area contributed by atoms with Gasteiger partial charge in [-0.25, -0.2) is 16.8 Å². The molecule has 0 amide bonds.